The summed E-state index contributed by atoms with van der Waals surface area (Å²) in [5.41, 5.74) is -0.574. The number of nitrogens with one attached hydrogen (secondary N) is 1. The van der Waals surface area contributed by atoms with Crippen molar-refractivity contribution >= 4 is 12.2 Å². The van der Waals surface area contributed by atoms with E-state index in [4.69, 9.17) is 4.74 Å². The first kappa shape index (κ1) is 18.4. The van der Waals surface area contributed by atoms with Gasteiger partial charge in [0, 0.05) is 25.3 Å². The van der Waals surface area contributed by atoms with Gasteiger partial charge in [-0.25, -0.2) is 0 Å². The highest BCUT2D eigenvalue weighted by Crippen LogP contribution is 2.33. The van der Waals surface area contributed by atoms with Crippen molar-refractivity contribution in [2.45, 2.75) is 77.1 Å². The van der Waals surface area contributed by atoms with E-state index >= 15 is 0 Å². The number of carbonyl (C=O) groups excluding carboxylic acids is 1. The molecule has 0 amide bonds. The smallest absolute Gasteiger partial charge is 0.309 e. The van der Waals surface area contributed by atoms with Crippen molar-refractivity contribution in [3.63, 3.8) is 0 Å². The molecule has 2 aliphatic heterocycles. The molecular formula is C18H33N3O2. The molecule has 0 aliphatic carbocycles. The Kier molecular flexibility index (Phi) is 5.52. The summed E-state index contributed by atoms with van der Waals surface area (Å²) >= 11 is 0. The van der Waals surface area contributed by atoms with Crippen molar-refractivity contribution in [2.24, 2.45) is 10.9 Å². The first-order valence-electron chi connectivity index (χ1n) is 8.89. The highest BCUT2D eigenvalue weighted by molar-refractivity contribution is 5.81. The van der Waals surface area contributed by atoms with Crippen molar-refractivity contribution in [3.05, 3.63) is 0 Å². The Morgan fingerprint density at radius 1 is 1.52 bits per heavy atom. The van der Waals surface area contributed by atoms with E-state index < -0.39 is 5.60 Å². The van der Waals surface area contributed by atoms with Crippen molar-refractivity contribution in [1.29, 1.82) is 0 Å². The summed E-state index contributed by atoms with van der Waals surface area (Å²) in [6.07, 6.45) is 4.66. The lowest BCUT2D eigenvalue weighted by Gasteiger charge is -2.43. The molecule has 0 bridgehead atoms. The Morgan fingerprint density at radius 3 is 2.74 bits per heavy atom. The van der Waals surface area contributed by atoms with E-state index in [1.807, 2.05) is 27.0 Å². The van der Waals surface area contributed by atoms with E-state index in [9.17, 15) is 4.79 Å². The molecule has 132 valence electrons. The number of nitrogens with zero attached hydrogens (tertiary/aromatic N) is 2. The minimum absolute atomic E-state index is 0.0692. The van der Waals surface area contributed by atoms with E-state index in [1.165, 1.54) is 0 Å². The molecule has 0 spiro atoms. The van der Waals surface area contributed by atoms with Crippen LogP contribution < -0.4 is 5.32 Å². The lowest BCUT2D eigenvalue weighted by molar-refractivity contribution is -0.161. The molecule has 1 fully saturated rings. The van der Waals surface area contributed by atoms with Gasteiger partial charge in [-0.05, 0) is 47.6 Å². The highest BCUT2D eigenvalue weighted by Gasteiger charge is 2.48. The molecule has 4 atom stereocenters. The maximum atomic E-state index is 12.6. The number of ether oxygens (including phenoxy) is 1. The SMILES string of the molecule is CCCC(CC12C=NC1CN(C)[C@H](C)CN2)C(=O)OC(C)(C)C. The fourth-order valence-corrected chi connectivity index (χ4v) is 3.39. The second-order valence-corrected chi connectivity index (χ2v) is 8.23. The van der Waals surface area contributed by atoms with Crippen LogP contribution in [0.1, 0.15) is 53.9 Å². The molecule has 3 unspecified atom stereocenters. The number of esters is 1. The molecule has 0 aromatic rings. The second-order valence-electron chi connectivity index (χ2n) is 8.23. The van der Waals surface area contributed by atoms with Crippen molar-refractivity contribution < 1.29 is 9.53 Å². The van der Waals surface area contributed by atoms with Gasteiger partial charge in [0.15, 0.2) is 0 Å². The zero-order valence-corrected chi connectivity index (χ0v) is 15.6. The Morgan fingerprint density at radius 2 is 2.22 bits per heavy atom. The van der Waals surface area contributed by atoms with Gasteiger partial charge in [0.05, 0.1) is 17.5 Å². The quantitative estimate of drug-likeness (QED) is 0.789. The standard InChI is InChI=1S/C18H33N3O2/c1-7-8-14(16(22)23-17(3,4)5)9-18-12-19-15(18)11-21(6)13(2)10-20-18/h12-15,20H,7-11H2,1-6H3/t13-,14?,15?,18?/m1/s1. The molecule has 5 heteroatoms. The number of carbonyl (C=O) groups is 1. The lowest BCUT2D eigenvalue weighted by atomic mass is 9.77. The zero-order chi connectivity index (χ0) is 17.3. The van der Waals surface area contributed by atoms with Crippen LogP contribution >= 0.6 is 0 Å². The Hall–Kier alpha value is -0.940. The van der Waals surface area contributed by atoms with Gasteiger partial charge in [-0.15, -0.1) is 0 Å². The molecule has 1 N–H and O–H groups in total. The van der Waals surface area contributed by atoms with Crippen LogP contribution in [0, 0.1) is 5.92 Å². The van der Waals surface area contributed by atoms with E-state index in [-0.39, 0.29) is 23.5 Å². The molecule has 0 radical (unpaired) electrons. The van der Waals surface area contributed by atoms with E-state index in [0.29, 0.717) is 6.04 Å². The first-order chi connectivity index (χ1) is 10.7. The molecule has 1 saturated heterocycles. The molecule has 23 heavy (non-hydrogen) atoms. The van der Waals surface area contributed by atoms with Gasteiger partial charge < -0.3 is 15.0 Å². The third kappa shape index (κ3) is 4.32. The van der Waals surface area contributed by atoms with Gasteiger partial charge in [0.2, 0.25) is 0 Å². The molecule has 0 saturated carbocycles. The Bertz CT molecular complexity index is 458. The maximum Gasteiger partial charge on any atom is 0.309 e. The van der Waals surface area contributed by atoms with Crippen LogP contribution in [0.5, 0.6) is 0 Å². The summed E-state index contributed by atoms with van der Waals surface area (Å²) in [5.74, 6) is -0.139. The van der Waals surface area contributed by atoms with Gasteiger partial charge in [-0.2, -0.15) is 0 Å². The third-order valence-electron chi connectivity index (χ3n) is 4.98. The summed E-state index contributed by atoms with van der Waals surface area (Å²) in [6, 6.07) is 0.714. The topological polar surface area (TPSA) is 53.9 Å². The van der Waals surface area contributed by atoms with Crippen LogP contribution in [0.2, 0.25) is 0 Å². The van der Waals surface area contributed by atoms with Gasteiger partial charge in [0.1, 0.15) is 5.60 Å². The molecule has 2 heterocycles. The first-order valence-corrected chi connectivity index (χ1v) is 8.89. The average molecular weight is 323 g/mol. The summed E-state index contributed by atoms with van der Waals surface area (Å²) in [5, 5.41) is 3.68. The minimum atomic E-state index is -0.431. The van der Waals surface area contributed by atoms with Crippen LogP contribution in [0.3, 0.4) is 0 Å². The maximum absolute atomic E-state index is 12.6. The Balaban J connectivity index is 2.10. The zero-order valence-electron chi connectivity index (χ0n) is 15.6. The fourth-order valence-electron chi connectivity index (χ4n) is 3.39. The van der Waals surface area contributed by atoms with Gasteiger partial charge in [0.25, 0.3) is 0 Å². The number of hydrogen-bond acceptors (Lipinski definition) is 5. The predicted octanol–water partition coefficient (Wildman–Crippen LogP) is 2.25. The lowest BCUT2D eigenvalue weighted by Crippen LogP contribution is -2.63. The van der Waals surface area contributed by atoms with Crippen LogP contribution in [0.4, 0.5) is 0 Å². The molecule has 2 aliphatic rings. The fraction of sp³-hybridized carbons (Fsp3) is 0.889. The van der Waals surface area contributed by atoms with Crippen molar-refractivity contribution in [3.8, 4) is 0 Å². The minimum Gasteiger partial charge on any atom is -0.460 e. The predicted molar refractivity (Wildman–Crippen MR) is 94.0 cm³/mol. The average Bonchev–Trinajstić information content (AvgIpc) is 2.50. The molecule has 2 rings (SSSR count). The molecule has 0 aromatic carbocycles. The van der Waals surface area contributed by atoms with Gasteiger partial charge >= 0.3 is 5.97 Å². The summed E-state index contributed by atoms with van der Waals surface area (Å²) in [6.45, 7) is 12.0. The van der Waals surface area contributed by atoms with Crippen molar-refractivity contribution in [2.75, 3.05) is 20.1 Å². The molecular weight excluding hydrogens is 290 g/mol. The Labute approximate surface area is 140 Å². The molecule has 5 nitrogen and oxygen atoms in total. The van der Waals surface area contributed by atoms with Crippen LogP contribution in [0.15, 0.2) is 4.99 Å². The van der Waals surface area contributed by atoms with Crippen molar-refractivity contribution in [1.82, 2.24) is 10.2 Å². The normalized spacial score (nSPS) is 32.6. The summed E-state index contributed by atoms with van der Waals surface area (Å²) in [7, 11) is 2.15. The van der Waals surface area contributed by atoms with Gasteiger partial charge in [-0.1, -0.05) is 13.3 Å². The summed E-state index contributed by atoms with van der Waals surface area (Å²) < 4.78 is 5.65. The number of aliphatic imine (C=N–C) groups is 1. The number of likely N-dealkylation sites (N-methyl/N-ethyl adjacent to an activating group) is 1. The largest absolute Gasteiger partial charge is 0.460 e. The van der Waals surface area contributed by atoms with Crippen LogP contribution in [-0.4, -0.2) is 60.4 Å². The second kappa shape index (κ2) is 6.89. The van der Waals surface area contributed by atoms with E-state index in [2.05, 4.69) is 36.1 Å². The number of rotatable bonds is 5. The van der Waals surface area contributed by atoms with Crippen LogP contribution in [0.25, 0.3) is 0 Å². The number of hydrogen-bond donors (Lipinski definition) is 1. The van der Waals surface area contributed by atoms with Gasteiger partial charge in [-0.3, -0.25) is 9.79 Å². The van der Waals surface area contributed by atoms with E-state index in [1.54, 1.807) is 0 Å². The van der Waals surface area contributed by atoms with Crippen LogP contribution in [-0.2, 0) is 9.53 Å². The highest BCUT2D eigenvalue weighted by atomic mass is 16.6. The third-order valence-corrected chi connectivity index (χ3v) is 4.98. The number of fused-ring (bicyclic) bond motifs is 1. The van der Waals surface area contributed by atoms with E-state index in [0.717, 1.165) is 32.4 Å². The molecule has 0 aromatic heterocycles. The monoisotopic (exact) mass is 323 g/mol. The summed E-state index contributed by atoms with van der Waals surface area (Å²) in [4.78, 5) is 19.5.